The molecule has 0 bridgehead atoms. The van der Waals surface area contributed by atoms with Crippen LogP contribution in [-0.4, -0.2) is 89.9 Å². The number of benzene rings is 1. The van der Waals surface area contributed by atoms with E-state index in [1.54, 1.807) is 55.5 Å². The number of hydrogen-bond donors (Lipinski definition) is 1. The molecular weight excluding hydrogens is 512 g/mol. The van der Waals surface area contributed by atoms with Crippen LogP contribution in [0.4, 0.5) is 4.39 Å². The van der Waals surface area contributed by atoms with Crippen LogP contribution in [0.5, 0.6) is 0 Å². The second-order valence-electron chi connectivity index (χ2n) is 11.4. The number of rotatable bonds is 8. The van der Waals surface area contributed by atoms with E-state index in [4.69, 9.17) is 9.31 Å². The SMILES string of the molecule is C=CN(CCC(=O)N1CCC=C(c2cc(B3OC(C)(C)C(C)(C)O3)c3cc(C(=O)N(C)C)[nH]c3c2F)C1)/N=C\C. The number of hydrazone groups is 1. The van der Waals surface area contributed by atoms with Crippen molar-refractivity contribution in [1.29, 1.82) is 0 Å². The zero-order chi connectivity index (χ0) is 29.4. The molecular formula is C29H39BFN5O4. The summed E-state index contributed by atoms with van der Waals surface area (Å²) in [6, 6.07) is 3.40. The average Bonchev–Trinajstić information content (AvgIpc) is 3.44. The molecule has 9 nitrogen and oxygen atoms in total. The van der Waals surface area contributed by atoms with Gasteiger partial charge in [0.2, 0.25) is 5.91 Å². The summed E-state index contributed by atoms with van der Waals surface area (Å²) in [5.74, 6) is -0.800. The fraction of sp³-hybridized carbons (Fsp3) is 0.483. The normalized spacial score (nSPS) is 18.4. The highest BCUT2D eigenvalue weighted by molar-refractivity contribution is 6.65. The number of hydrogen-bond acceptors (Lipinski definition) is 6. The van der Waals surface area contributed by atoms with Crippen molar-refractivity contribution in [3.8, 4) is 0 Å². The van der Waals surface area contributed by atoms with Crippen molar-refractivity contribution in [1.82, 2.24) is 19.8 Å². The summed E-state index contributed by atoms with van der Waals surface area (Å²) in [6.45, 7) is 14.6. The van der Waals surface area contributed by atoms with Crippen LogP contribution in [0.2, 0.25) is 0 Å². The maximum Gasteiger partial charge on any atom is 0.495 e. The largest absolute Gasteiger partial charge is 0.495 e. The van der Waals surface area contributed by atoms with Gasteiger partial charge in [0.1, 0.15) is 5.69 Å². The van der Waals surface area contributed by atoms with E-state index in [1.165, 1.54) is 4.90 Å². The smallest absolute Gasteiger partial charge is 0.399 e. The van der Waals surface area contributed by atoms with E-state index in [1.807, 2.05) is 33.8 Å². The lowest BCUT2D eigenvalue weighted by Gasteiger charge is -2.32. The second kappa shape index (κ2) is 11.2. The monoisotopic (exact) mass is 551 g/mol. The molecule has 0 unspecified atom stereocenters. The van der Waals surface area contributed by atoms with Crippen LogP contribution >= 0.6 is 0 Å². The molecule has 214 valence electrons. The molecule has 1 aromatic heterocycles. The molecule has 40 heavy (non-hydrogen) atoms. The Kier molecular flexibility index (Phi) is 8.28. The molecule has 1 fully saturated rings. The van der Waals surface area contributed by atoms with Gasteiger partial charge in [-0.05, 0) is 58.1 Å². The van der Waals surface area contributed by atoms with Gasteiger partial charge < -0.3 is 24.1 Å². The second-order valence-corrected chi connectivity index (χ2v) is 11.4. The maximum absolute atomic E-state index is 16.2. The molecule has 3 heterocycles. The minimum atomic E-state index is -0.768. The van der Waals surface area contributed by atoms with Crippen LogP contribution in [0.15, 0.2) is 36.1 Å². The third-order valence-corrected chi connectivity index (χ3v) is 7.91. The summed E-state index contributed by atoms with van der Waals surface area (Å²) in [5.41, 5.74) is 0.933. The number of halogens is 1. The van der Waals surface area contributed by atoms with Crippen molar-refractivity contribution in [3.63, 3.8) is 0 Å². The van der Waals surface area contributed by atoms with Gasteiger partial charge in [0.15, 0.2) is 5.82 Å². The summed E-state index contributed by atoms with van der Waals surface area (Å²) >= 11 is 0. The molecule has 1 N–H and O–H groups in total. The first kappa shape index (κ1) is 29.5. The molecule has 0 radical (unpaired) electrons. The third kappa shape index (κ3) is 5.58. The number of aromatic amines is 1. The summed E-state index contributed by atoms with van der Waals surface area (Å²) in [7, 11) is 2.52. The minimum Gasteiger partial charge on any atom is -0.399 e. The van der Waals surface area contributed by atoms with E-state index in [-0.39, 0.29) is 36.0 Å². The topological polar surface area (TPSA) is 90.5 Å². The van der Waals surface area contributed by atoms with Crippen LogP contribution < -0.4 is 5.46 Å². The molecule has 2 aliphatic rings. The zero-order valence-corrected chi connectivity index (χ0v) is 24.5. The number of H-pyrrole nitrogens is 1. The number of nitrogens with zero attached hydrogens (tertiary/aromatic N) is 4. The molecule has 0 atom stereocenters. The number of nitrogens with one attached hydrogen (secondary N) is 1. The van der Waals surface area contributed by atoms with Crippen LogP contribution in [0.25, 0.3) is 16.5 Å². The van der Waals surface area contributed by atoms with E-state index in [2.05, 4.69) is 16.7 Å². The van der Waals surface area contributed by atoms with Crippen LogP contribution in [-0.2, 0) is 14.1 Å². The summed E-state index contributed by atoms with van der Waals surface area (Å²) in [6.07, 6.45) is 6.03. The summed E-state index contributed by atoms with van der Waals surface area (Å²) in [4.78, 5) is 32.0. The predicted octanol–water partition coefficient (Wildman–Crippen LogP) is 3.77. The van der Waals surface area contributed by atoms with Gasteiger partial charge in [-0.15, -0.1) is 0 Å². The van der Waals surface area contributed by atoms with Crippen molar-refractivity contribution in [2.45, 2.75) is 58.7 Å². The van der Waals surface area contributed by atoms with Crippen molar-refractivity contribution in [2.75, 3.05) is 33.7 Å². The van der Waals surface area contributed by atoms with E-state index >= 15 is 4.39 Å². The van der Waals surface area contributed by atoms with Gasteiger partial charge in [-0.1, -0.05) is 18.7 Å². The highest BCUT2D eigenvalue weighted by Gasteiger charge is 2.52. The zero-order valence-electron chi connectivity index (χ0n) is 24.5. The fourth-order valence-electron chi connectivity index (χ4n) is 4.91. The van der Waals surface area contributed by atoms with Crippen molar-refractivity contribution in [2.24, 2.45) is 5.10 Å². The van der Waals surface area contributed by atoms with Gasteiger partial charge in [0, 0.05) is 63.5 Å². The van der Waals surface area contributed by atoms with Crippen molar-refractivity contribution in [3.05, 3.63) is 48.1 Å². The maximum atomic E-state index is 16.2. The summed E-state index contributed by atoms with van der Waals surface area (Å²) in [5, 5.41) is 6.30. The van der Waals surface area contributed by atoms with E-state index in [9.17, 15) is 9.59 Å². The lowest BCUT2D eigenvalue weighted by Crippen LogP contribution is -2.41. The van der Waals surface area contributed by atoms with Crippen LogP contribution in [0.3, 0.4) is 0 Å². The van der Waals surface area contributed by atoms with Gasteiger partial charge >= 0.3 is 7.12 Å². The first-order valence-electron chi connectivity index (χ1n) is 13.6. The Hall–Kier alpha value is -3.44. The van der Waals surface area contributed by atoms with Crippen molar-refractivity contribution >= 4 is 47.1 Å². The minimum absolute atomic E-state index is 0.0461. The Morgan fingerprint density at radius 3 is 2.50 bits per heavy atom. The molecule has 11 heteroatoms. The Morgan fingerprint density at radius 1 is 1.23 bits per heavy atom. The van der Waals surface area contributed by atoms with Gasteiger partial charge in [-0.3, -0.25) is 14.6 Å². The van der Waals surface area contributed by atoms with E-state index in [0.29, 0.717) is 41.5 Å². The van der Waals surface area contributed by atoms with Gasteiger partial charge in [0.05, 0.1) is 16.7 Å². The number of amides is 2. The molecule has 2 amide bonds. The lowest BCUT2D eigenvalue weighted by atomic mass is 9.75. The highest BCUT2D eigenvalue weighted by Crippen LogP contribution is 2.38. The number of aromatic nitrogens is 1. The molecule has 4 rings (SSSR count). The van der Waals surface area contributed by atoms with Crippen molar-refractivity contribution < 1.29 is 23.3 Å². The Bertz CT molecular complexity index is 1360. The molecule has 2 aromatic rings. The molecule has 0 spiro atoms. The number of carbonyl (C=O) groups excluding carboxylic acids is 2. The predicted molar refractivity (Wildman–Crippen MR) is 157 cm³/mol. The van der Waals surface area contributed by atoms with Crippen LogP contribution in [0, 0.1) is 5.82 Å². The fourth-order valence-corrected chi connectivity index (χ4v) is 4.91. The first-order valence-corrected chi connectivity index (χ1v) is 13.6. The Morgan fingerprint density at radius 2 is 1.90 bits per heavy atom. The highest BCUT2D eigenvalue weighted by atomic mass is 19.1. The number of fused-ring (bicyclic) bond motifs is 1. The molecule has 0 saturated carbocycles. The van der Waals surface area contributed by atoms with Crippen LogP contribution in [0.1, 0.15) is 63.5 Å². The average molecular weight is 551 g/mol. The van der Waals surface area contributed by atoms with Gasteiger partial charge in [-0.25, -0.2) is 4.39 Å². The number of carbonyl (C=O) groups is 2. The molecule has 1 saturated heterocycles. The summed E-state index contributed by atoms with van der Waals surface area (Å²) < 4.78 is 28.9. The van der Waals surface area contributed by atoms with E-state index < -0.39 is 24.1 Å². The Labute approximate surface area is 235 Å². The molecule has 0 aliphatic carbocycles. The molecule has 2 aliphatic heterocycles. The Balaban J connectivity index is 1.72. The lowest BCUT2D eigenvalue weighted by molar-refractivity contribution is -0.130. The quantitative estimate of drug-likeness (QED) is 0.307. The third-order valence-electron chi connectivity index (χ3n) is 7.91. The van der Waals surface area contributed by atoms with Gasteiger partial charge in [-0.2, -0.15) is 5.10 Å². The van der Waals surface area contributed by atoms with E-state index in [0.717, 1.165) is 0 Å². The molecule has 1 aromatic carbocycles. The van der Waals surface area contributed by atoms with Gasteiger partial charge in [0.25, 0.3) is 5.91 Å². The first-order chi connectivity index (χ1) is 18.8. The standard InChI is InChI=1S/C29H39BFN5O4/c1-9-32-36(10-2)15-13-24(37)35-14-11-12-19(18-35)20-16-22(30-39-28(3,4)29(5,6)40-30)21-17-23(27(38)34(7)8)33-26(21)25(20)31/h9-10,12,16-17,33H,2,11,13-15,18H2,1,3-8H3/b32-9-.